The second-order valence-corrected chi connectivity index (χ2v) is 9.23. The molecule has 0 saturated heterocycles. The third-order valence-electron chi connectivity index (χ3n) is 4.61. The van der Waals surface area contributed by atoms with Gasteiger partial charge in [-0.05, 0) is 60.5 Å². The predicted octanol–water partition coefficient (Wildman–Crippen LogP) is 6.35. The number of carbonyl (C=O) groups is 1. The second-order valence-electron chi connectivity index (χ2n) is 7.94. The van der Waals surface area contributed by atoms with E-state index in [0.29, 0.717) is 21.1 Å². The molecule has 10 heteroatoms. The van der Waals surface area contributed by atoms with Crippen LogP contribution in [0, 0.1) is 11.2 Å². The lowest BCUT2D eigenvalue weighted by molar-refractivity contribution is -0.152. The fourth-order valence-corrected chi connectivity index (χ4v) is 3.68. The molecule has 2 aromatic heterocycles. The van der Waals surface area contributed by atoms with E-state index in [1.165, 1.54) is 17.1 Å². The standard InChI is InChI=1S/C21H19BrClF3N2O3/c1-10(16-15(30-20(25)26)6-5-14(24)17(16)23)13-9-28(31-19(29)21(2,3)4)18-12(13)7-11(22)8-27-18/h5-10,20H,1-4H3/t10-/m0/s1. The van der Waals surface area contributed by atoms with Crippen molar-refractivity contribution in [2.24, 2.45) is 5.41 Å². The molecule has 0 unspecified atom stereocenters. The Morgan fingerprint density at radius 1 is 1.29 bits per heavy atom. The number of benzene rings is 1. The van der Waals surface area contributed by atoms with Gasteiger partial charge in [-0.3, -0.25) is 0 Å². The number of rotatable bonds is 5. The Kier molecular flexibility index (Phi) is 6.57. The summed E-state index contributed by atoms with van der Waals surface area (Å²) < 4.78 is 46.5. The summed E-state index contributed by atoms with van der Waals surface area (Å²) in [5.41, 5.74) is 0.119. The van der Waals surface area contributed by atoms with Crippen LogP contribution in [0.25, 0.3) is 11.0 Å². The van der Waals surface area contributed by atoms with Gasteiger partial charge < -0.3 is 9.57 Å². The van der Waals surface area contributed by atoms with Crippen LogP contribution >= 0.6 is 27.5 Å². The van der Waals surface area contributed by atoms with Gasteiger partial charge in [0.2, 0.25) is 0 Å². The highest BCUT2D eigenvalue weighted by molar-refractivity contribution is 9.10. The van der Waals surface area contributed by atoms with Crippen LogP contribution in [-0.2, 0) is 4.79 Å². The van der Waals surface area contributed by atoms with Crippen molar-refractivity contribution in [3.05, 3.63) is 57.0 Å². The van der Waals surface area contributed by atoms with Crippen molar-refractivity contribution >= 4 is 44.5 Å². The minimum atomic E-state index is -3.11. The number of fused-ring (bicyclic) bond motifs is 1. The Hall–Kier alpha value is -2.26. The van der Waals surface area contributed by atoms with Crippen LogP contribution in [0.4, 0.5) is 13.2 Å². The molecule has 0 spiro atoms. The maximum Gasteiger partial charge on any atom is 0.387 e. The molecule has 0 amide bonds. The lowest BCUT2D eigenvalue weighted by Crippen LogP contribution is -2.31. The molecule has 31 heavy (non-hydrogen) atoms. The number of carbonyl (C=O) groups excluding carboxylic acids is 1. The van der Waals surface area contributed by atoms with E-state index in [1.54, 1.807) is 33.8 Å². The molecule has 5 nitrogen and oxygen atoms in total. The highest BCUT2D eigenvalue weighted by Gasteiger charge is 2.28. The molecule has 0 fully saturated rings. The smallest absolute Gasteiger partial charge is 0.387 e. The number of hydrogen-bond donors (Lipinski definition) is 0. The van der Waals surface area contributed by atoms with Gasteiger partial charge in [-0.1, -0.05) is 18.5 Å². The summed E-state index contributed by atoms with van der Waals surface area (Å²) in [6.45, 7) is 3.65. The molecule has 0 aliphatic heterocycles. The monoisotopic (exact) mass is 518 g/mol. The molecular weight excluding hydrogens is 501 g/mol. The fourth-order valence-electron chi connectivity index (χ4n) is 3.02. The van der Waals surface area contributed by atoms with Gasteiger partial charge in [0, 0.05) is 27.5 Å². The average molecular weight is 520 g/mol. The third-order valence-corrected chi connectivity index (χ3v) is 5.43. The van der Waals surface area contributed by atoms with E-state index in [2.05, 4.69) is 25.7 Å². The molecular formula is C21H19BrClF3N2O3. The summed E-state index contributed by atoms with van der Waals surface area (Å²) in [5, 5.41) is 0.230. The number of halogens is 5. The highest BCUT2D eigenvalue weighted by Crippen LogP contribution is 2.41. The van der Waals surface area contributed by atoms with Crippen molar-refractivity contribution in [2.75, 3.05) is 0 Å². The van der Waals surface area contributed by atoms with E-state index >= 15 is 0 Å². The average Bonchev–Trinajstić information content (AvgIpc) is 3.01. The Labute approximate surface area is 190 Å². The summed E-state index contributed by atoms with van der Waals surface area (Å²) in [6, 6.07) is 3.80. The third kappa shape index (κ3) is 4.82. The normalized spacial score (nSPS) is 13.0. The van der Waals surface area contributed by atoms with Gasteiger partial charge >= 0.3 is 12.6 Å². The van der Waals surface area contributed by atoms with Crippen LogP contribution < -0.4 is 9.57 Å². The van der Waals surface area contributed by atoms with Gasteiger partial charge in [0.05, 0.1) is 16.6 Å². The van der Waals surface area contributed by atoms with E-state index in [-0.39, 0.29) is 16.3 Å². The van der Waals surface area contributed by atoms with E-state index in [1.807, 2.05) is 0 Å². The Bertz CT molecular complexity index is 1150. The zero-order chi connectivity index (χ0) is 23.1. The van der Waals surface area contributed by atoms with Crippen LogP contribution in [0.5, 0.6) is 5.75 Å². The summed E-state index contributed by atoms with van der Waals surface area (Å²) in [5.74, 6) is -2.22. The minimum absolute atomic E-state index is 0.0446. The predicted molar refractivity (Wildman–Crippen MR) is 114 cm³/mol. The van der Waals surface area contributed by atoms with Crippen LogP contribution in [0.1, 0.15) is 44.7 Å². The van der Waals surface area contributed by atoms with Gasteiger partial charge in [0.15, 0.2) is 5.65 Å². The molecule has 0 saturated carbocycles. The first kappa shape index (κ1) is 23.4. The van der Waals surface area contributed by atoms with Crippen LogP contribution in [-0.4, -0.2) is 22.3 Å². The van der Waals surface area contributed by atoms with E-state index in [0.717, 1.165) is 12.1 Å². The fraction of sp³-hybridized carbons (Fsp3) is 0.333. The van der Waals surface area contributed by atoms with Crippen LogP contribution in [0.2, 0.25) is 5.02 Å². The zero-order valence-corrected chi connectivity index (χ0v) is 19.4. The SMILES string of the molecule is C[C@H](c1c(OC(F)F)ccc(F)c1Cl)c1cn(OC(=O)C(C)(C)C)c2ncc(Br)cc12. The van der Waals surface area contributed by atoms with Crippen molar-refractivity contribution in [2.45, 2.75) is 40.2 Å². The number of hydrogen-bond acceptors (Lipinski definition) is 4. The van der Waals surface area contributed by atoms with Crippen LogP contribution in [0.15, 0.2) is 35.1 Å². The molecule has 0 aliphatic carbocycles. The maximum atomic E-state index is 14.2. The van der Waals surface area contributed by atoms with Crippen molar-refractivity contribution in [1.82, 2.24) is 9.71 Å². The first-order chi connectivity index (χ1) is 14.4. The first-order valence-electron chi connectivity index (χ1n) is 9.22. The minimum Gasteiger partial charge on any atom is -0.434 e. The van der Waals surface area contributed by atoms with Gasteiger partial charge in [0.1, 0.15) is 11.6 Å². The topological polar surface area (TPSA) is 53.4 Å². The van der Waals surface area contributed by atoms with E-state index in [9.17, 15) is 18.0 Å². The summed E-state index contributed by atoms with van der Waals surface area (Å²) >= 11 is 9.49. The molecule has 1 atom stereocenters. The zero-order valence-electron chi connectivity index (χ0n) is 17.1. The highest BCUT2D eigenvalue weighted by atomic mass is 79.9. The second kappa shape index (κ2) is 8.70. The Morgan fingerprint density at radius 3 is 2.58 bits per heavy atom. The Morgan fingerprint density at radius 2 is 1.97 bits per heavy atom. The Balaban J connectivity index is 2.18. The molecule has 3 rings (SSSR count). The number of ether oxygens (including phenoxy) is 1. The molecule has 0 aliphatic rings. The van der Waals surface area contributed by atoms with Crippen molar-refractivity contribution < 1.29 is 27.5 Å². The maximum absolute atomic E-state index is 14.2. The summed E-state index contributed by atoms with van der Waals surface area (Å²) in [6.07, 6.45) is 3.03. The van der Waals surface area contributed by atoms with Gasteiger partial charge in [-0.15, -0.1) is 0 Å². The van der Waals surface area contributed by atoms with E-state index < -0.39 is 29.7 Å². The van der Waals surface area contributed by atoms with Crippen LogP contribution in [0.3, 0.4) is 0 Å². The lowest BCUT2D eigenvalue weighted by Gasteiger charge is -2.18. The lowest BCUT2D eigenvalue weighted by atomic mass is 9.92. The largest absolute Gasteiger partial charge is 0.434 e. The number of alkyl halides is 2. The molecule has 0 N–H and O–H groups in total. The first-order valence-corrected chi connectivity index (χ1v) is 10.4. The summed E-state index contributed by atoms with van der Waals surface area (Å²) in [4.78, 5) is 22.2. The van der Waals surface area contributed by atoms with Gasteiger partial charge in [-0.2, -0.15) is 13.5 Å². The summed E-state index contributed by atoms with van der Waals surface area (Å²) in [7, 11) is 0. The molecule has 2 heterocycles. The molecule has 0 radical (unpaired) electrons. The molecule has 3 aromatic rings. The quantitative estimate of drug-likeness (QED) is 0.394. The van der Waals surface area contributed by atoms with Gasteiger partial charge in [0.25, 0.3) is 0 Å². The number of aromatic nitrogens is 2. The van der Waals surface area contributed by atoms with Crippen molar-refractivity contribution in [3.8, 4) is 5.75 Å². The van der Waals surface area contributed by atoms with Crippen molar-refractivity contribution in [1.29, 1.82) is 0 Å². The molecule has 0 bridgehead atoms. The van der Waals surface area contributed by atoms with E-state index in [4.69, 9.17) is 16.4 Å². The molecule has 166 valence electrons. The number of pyridine rings is 1. The van der Waals surface area contributed by atoms with Gasteiger partial charge in [-0.25, -0.2) is 14.2 Å². The number of nitrogens with zero attached hydrogens (tertiary/aromatic N) is 2. The van der Waals surface area contributed by atoms with Crippen molar-refractivity contribution in [3.63, 3.8) is 0 Å². The molecule has 1 aromatic carbocycles.